The van der Waals surface area contributed by atoms with Crippen LogP contribution in [0.4, 0.5) is 13.8 Å². The number of carboxylic acids is 1. The number of rotatable bonds is 4. The van der Waals surface area contributed by atoms with Gasteiger partial charge in [-0.15, -0.1) is 11.3 Å². The van der Waals surface area contributed by atoms with Crippen molar-refractivity contribution in [2.24, 2.45) is 0 Å². The molecule has 0 aliphatic rings. The van der Waals surface area contributed by atoms with Crippen LogP contribution in [-0.4, -0.2) is 22.0 Å². The van der Waals surface area contributed by atoms with E-state index in [4.69, 9.17) is 4.42 Å². The number of carbonyl (C=O) groups is 2. The summed E-state index contributed by atoms with van der Waals surface area (Å²) in [4.78, 5) is 27.3. The maximum absolute atomic E-state index is 14.0. The molecular formula is C19H10F2N2O4S. The number of nitrogens with zero attached hydrogens (tertiary/aromatic N) is 1. The highest BCUT2D eigenvalue weighted by atomic mass is 32.1. The summed E-state index contributed by atoms with van der Waals surface area (Å²) in [6, 6.07) is 10.6. The van der Waals surface area contributed by atoms with E-state index in [9.17, 15) is 23.5 Å². The van der Waals surface area contributed by atoms with Gasteiger partial charge in [-0.05, 0) is 24.3 Å². The Hall–Kier alpha value is -3.59. The molecule has 9 heteroatoms. The summed E-state index contributed by atoms with van der Waals surface area (Å²) in [6.07, 6.45) is 0. The lowest BCUT2D eigenvalue weighted by Crippen LogP contribution is -2.12. The number of furan rings is 1. The van der Waals surface area contributed by atoms with Crippen LogP contribution in [0.5, 0.6) is 0 Å². The fraction of sp³-hybridized carbons (Fsp3) is 0. The van der Waals surface area contributed by atoms with Gasteiger partial charge >= 0.3 is 5.97 Å². The Balaban J connectivity index is 1.71. The van der Waals surface area contributed by atoms with Crippen LogP contribution in [-0.2, 0) is 0 Å². The average molecular weight is 400 g/mol. The van der Waals surface area contributed by atoms with Gasteiger partial charge < -0.3 is 14.8 Å². The molecular weight excluding hydrogens is 390 g/mol. The summed E-state index contributed by atoms with van der Waals surface area (Å²) in [5, 5.41) is 14.1. The van der Waals surface area contributed by atoms with Crippen molar-refractivity contribution in [2.45, 2.75) is 0 Å². The molecule has 2 N–H and O–H groups in total. The van der Waals surface area contributed by atoms with E-state index in [-0.39, 0.29) is 27.5 Å². The van der Waals surface area contributed by atoms with Crippen LogP contribution in [0.15, 0.2) is 52.3 Å². The molecule has 0 unspecified atom stereocenters. The highest BCUT2D eigenvalue weighted by Gasteiger charge is 2.24. The number of thiophene rings is 1. The molecule has 0 atom stereocenters. The molecule has 6 nitrogen and oxygen atoms in total. The van der Waals surface area contributed by atoms with Gasteiger partial charge in [0.1, 0.15) is 16.1 Å². The number of hydrogen-bond acceptors (Lipinski definition) is 5. The lowest BCUT2D eigenvalue weighted by molar-refractivity contribution is 0.0699. The number of benzene rings is 1. The van der Waals surface area contributed by atoms with Gasteiger partial charge in [-0.25, -0.2) is 4.79 Å². The van der Waals surface area contributed by atoms with Gasteiger partial charge in [0.15, 0.2) is 5.76 Å². The second kappa shape index (κ2) is 6.86. The molecule has 0 radical (unpaired) electrons. The van der Waals surface area contributed by atoms with Crippen LogP contribution in [0.3, 0.4) is 0 Å². The number of fused-ring (bicyclic) bond motifs is 1. The first-order valence-corrected chi connectivity index (χ1v) is 8.79. The maximum Gasteiger partial charge on any atom is 0.339 e. The first-order chi connectivity index (χ1) is 13.4. The first kappa shape index (κ1) is 17.8. The highest BCUT2D eigenvalue weighted by Crippen LogP contribution is 2.37. The highest BCUT2D eigenvalue weighted by molar-refractivity contribution is 7.15. The van der Waals surface area contributed by atoms with Gasteiger partial charge in [0.25, 0.3) is 5.91 Å². The maximum atomic E-state index is 14.0. The molecule has 28 heavy (non-hydrogen) atoms. The summed E-state index contributed by atoms with van der Waals surface area (Å²) >= 11 is 0.899. The van der Waals surface area contributed by atoms with E-state index >= 15 is 0 Å². The quantitative estimate of drug-likeness (QED) is 0.481. The number of aromatic nitrogens is 1. The first-order valence-electron chi connectivity index (χ1n) is 7.91. The summed E-state index contributed by atoms with van der Waals surface area (Å²) in [7, 11) is 0. The van der Waals surface area contributed by atoms with E-state index in [1.807, 2.05) is 0 Å². The van der Waals surface area contributed by atoms with E-state index in [2.05, 4.69) is 10.3 Å². The minimum atomic E-state index is -1.38. The number of aromatic carboxylic acids is 1. The minimum absolute atomic E-state index is 0.00196. The number of para-hydroxylation sites is 1. The molecule has 0 spiro atoms. The number of nitrogens with one attached hydrogen (secondary N) is 1. The Morgan fingerprint density at radius 1 is 1.11 bits per heavy atom. The number of carbonyl (C=O) groups excluding carboxylic acids is 1. The van der Waals surface area contributed by atoms with Gasteiger partial charge in [0.2, 0.25) is 11.9 Å². The van der Waals surface area contributed by atoms with Gasteiger partial charge in [0.05, 0.1) is 0 Å². The van der Waals surface area contributed by atoms with Gasteiger partial charge in [-0.2, -0.15) is 13.8 Å². The smallest absolute Gasteiger partial charge is 0.339 e. The van der Waals surface area contributed by atoms with Crippen molar-refractivity contribution >= 4 is 39.2 Å². The average Bonchev–Trinajstić information content (AvgIpc) is 3.26. The summed E-state index contributed by atoms with van der Waals surface area (Å²) in [6.45, 7) is 0. The van der Waals surface area contributed by atoms with Crippen LogP contribution < -0.4 is 5.32 Å². The SMILES string of the molecule is O=C(Nc1scc(-c2ccc(F)nc2F)c1C(=O)O)c1cc2ccccc2o1. The number of hydrogen-bond donors (Lipinski definition) is 2. The predicted molar refractivity (Wildman–Crippen MR) is 98.6 cm³/mol. The van der Waals surface area contributed by atoms with Crippen LogP contribution in [0, 0.1) is 11.9 Å². The molecule has 3 heterocycles. The van der Waals surface area contributed by atoms with E-state index in [1.165, 1.54) is 11.4 Å². The second-order valence-corrected chi connectivity index (χ2v) is 6.61. The molecule has 4 aromatic rings. The van der Waals surface area contributed by atoms with Crippen LogP contribution in [0.25, 0.3) is 22.1 Å². The third-order valence-corrected chi connectivity index (χ3v) is 4.88. The monoisotopic (exact) mass is 400 g/mol. The van der Waals surface area contributed by atoms with Crippen molar-refractivity contribution in [3.8, 4) is 11.1 Å². The summed E-state index contributed by atoms with van der Waals surface area (Å²) in [5.41, 5.74) is 0.000829. The zero-order valence-corrected chi connectivity index (χ0v) is 14.7. The number of carboxylic acid groups (broad SMARTS) is 1. The van der Waals surface area contributed by atoms with Crippen LogP contribution in [0.2, 0.25) is 0 Å². The standard InChI is InChI=1S/C19H10F2N2O4S/c20-14-6-5-10(16(21)22-14)11-8-28-18(15(11)19(25)26)23-17(24)13-7-9-3-1-2-4-12(9)27-13/h1-8H,(H,23,24)(H,25,26). The second-order valence-electron chi connectivity index (χ2n) is 5.73. The fourth-order valence-electron chi connectivity index (χ4n) is 2.73. The van der Waals surface area contributed by atoms with E-state index in [1.54, 1.807) is 24.3 Å². The Morgan fingerprint density at radius 3 is 2.61 bits per heavy atom. The summed E-state index contributed by atoms with van der Waals surface area (Å²) < 4.78 is 32.5. The van der Waals surface area contributed by atoms with E-state index < -0.39 is 23.8 Å². The normalized spacial score (nSPS) is 10.9. The molecule has 1 amide bonds. The predicted octanol–water partition coefficient (Wildman–Crippen LogP) is 4.79. The molecule has 0 aliphatic carbocycles. The largest absolute Gasteiger partial charge is 0.478 e. The molecule has 0 saturated carbocycles. The van der Waals surface area contributed by atoms with Crippen molar-refractivity contribution in [1.82, 2.24) is 4.98 Å². The zero-order valence-electron chi connectivity index (χ0n) is 13.9. The third kappa shape index (κ3) is 3.12. The number of amides is 1. The number of anilines is 1. The van der Waals surface area contributed by atoms with Gasteiger partial charge in [-0.1, -0.05) is 18.2 Å². The van der Waals surface area contributed by atoms with E-state index in [0.717, 1.165) is 28.9 Å². The van der Waals surface area contributed by atoms with Gasteiger partial charge in [0, 0.05) is 21.9 Å². The molecule has 0 saturated heterocycles. The van der Waals surface area contributed by atoms with Crippen molar-refractivity contribution in [1.29, 1.82) is 0 Å². The van der Waals surface area contributed by atoms with E-state index in [0.29, 0.717) is 5.58 Å². The van der Waals surface area contributed by atoms with Crippen LogP contribution >= 0.6 is 11.3 Å². The number of halogens is 2. The van der Waals surface area contributed by atoms with Crippen molar-refractivity contribution in [2.75, 3.05) is 5.32 Å². The Labute approximate surface area is 160 Å². The van der Waals surface area contributed by atoms with Gasteiger partial charge in [-0.3, -0.25) is 4.79 Å². The number of pyridine rings is 1. The molecule has 140 valence electrons. The molecule has 3 aromatic heterocycles. The van der Waals surface area contributed by atoms with Crippen molar-refractivity contribution in [3.05, 3.63) is 71.1 Å². The minimum Gasteiger partial charge on any atom is -0.478 e. The fourth-order valence-corrected chi connectivity index (χ4v) is 3.68. The Kier molecular flexibility index (Phi) is 4.36. The summed E-state index contributed by atoms with van der Waals surface area (Å²) in [5.74, 6) is -4.19. The molecule has 0 bridgehead atoms. The van der Waals surface area contributed by atoms with Crippen molar-refractivity contribution in [3.63, 3.8) is 0 Å². The molecule has 0 aliphatic heterocycles. The zero-order chi connectivity index (χ0) is 19.8. The topological polar surface area (TPSA) is 92.4 Å². The van der Waals surface area contributed by atoms with Crippen LogP contribution in [0.1, 0.15) is 20.9 Å². The lowest BCUT2D eigenvalue weighted by atomic mass is 10.1. The lowest BCUT2D eigenvalue weighted by Gasteiger charge is -2.05. The Bertz CT molecular complexity index is 1200. The molecule has 0 fully saturated rings. The third-order valence-electron chi connectivity index (χ3n) is 3.99. The van der Waals surface area contributed by atoms with Crippen molar-refractivity contribution < 1.29 is 27.9 Å². The molecule has 1 aromatic carbocycles. The Morgan fingerprint density at radius 2 is 1.89 bits per heavy atom. The molecule has 4 rings (SSSR count).